The maximum Gasteiger partial charge on any atom is 0.0865 e. The highest BCUT2D eigenvalue weighted by Crippen LogP contribution is 2.15. The third-order valence-electron chi connectivity index (χ3n) is 1.33. The maximum absolute atomic E-state index is 5.05. The van der Waals surface area contributed by atoms with Gasteiger partial charge in [0.2, 0.25) is 0 Å². The number of rotatable bonds is 2. The van der Waals surface area contributed by atoms with E-state index in [9.17, 15) is 0 Å². The van der Waals surface area contributed by atoms with E-state index in [1.807, 2.05) is 11.4 Å². The summed E-state index contributed by atoms with van der Waals surface area (Å²) in [6.45, 7) is 0.928. The molecule has 0 N–H and O–H groups in total. The van der Waals surface area contributed by atoms with Crippen molar-refractivity contribution in [3.63, 3.8) is 0 Å². The monoisotopic (exact) mass is 141 g/mol. The van der Waals surface area contributed by atoms with Crippen molar-refractivity contribution >= 4 is 11.5 Å². The van der Waals surface area contributed by atoms with Gasteiger partial charge in [0.15, 0.2) is 0 Å². The zero-order chi connectivity index (χ0) is 6.10. The van der Waals surface area contributed by atoms with E-state index < -0.39 is 0 Å². The largest absolute Gasteiger partial charge is 0.373 e. The number of hydrogen-bond acceptors (Lipinski definition) is 3. The molecule has 2 heterocycles. The third-order valence-corrected chi connectivity index (χ3v) is 1.93. The Hall–Kier alpha value is -0.410. The van der Waals surface area contributed by atoms with Crippen LogP contribution in [0.1, 0.15) is 5.69 Å². The normalized spacial score (nSPS) is 24.2. The van der Waals surface area contributed by atoms with Gasteiger partial charge in [-0.3, -0.25) is 0 Å². The highest BCUT2D eigenvalue weighted by atomic mass is 32.1. The highest BCUT2D eigenvalue weighted by Gasteiger charge is 2.22. The molecule has 0 saturated carbocycles. The van der Waals surface area contributed by atoms with Gasteiger partial charge in [0, 0.05) is 11.8 Å². The number of aromatic nitrogens is 1. The molecule has 1 aliphatic heterocycles. The van der Waals surface area contributed by atoms with Crippen LogP contribution in [-0.4, -0.2) is 17.1 Å². The molecule has 0 aliphatic carbocycles. The minimum absolute atomic E-state index is 0.479. The Morgan fingerprint density at radius 3 is 3.33 bits per heavy atom. The summed E-state index contributed by atoms with van der Waals surface area (Å²) in [5.74, 6) is 0. The Kier molecular flexibility index (Phi) is 1.24. The van der Waals surface area contributed by atoms with E-state index >= 15 is 0 Å². The van der Waals surface area contributed by atoms with Crippen LogP contribution in [0.3, 0.4) is 0 Å². The van der Waals surface area contributed by atoms with Crippen LogP contribution in [-0.2, 0) is 11.2 Å². The Labute approximate surface area is 57.6 Å². The Morgan fingerprint density at radius 2 is 2.78 bits per heavy atom. The summed E-state index contributed by atoms with van der Waals surface area (Å²) in [7, 11) is 0. The van der Waals surface area contributed by atoms with Crippen LogP contribution in [0.15, 0.2) is 11.4 Å². The van der Waals surface area contributed by atoms with Gasteiger partial charge < -0.3 is 4.74 Å². The topological polar surface area (TPSA) is 25.4 Å². The van der Waals surface area contributed by atoms with Gasteiger partial charge in [0.05, 0.1) is 18.4 Å². The molecule has 0 radical (unpaired) electrons. The summed E-state index contributed by atoms with van der Waals surface area (Å²) >= 11 is 1.50. The summed E-state index contributed by atoms with van der Waals surface area (Å²) in [5, 5.41) is 2.00. The van der Waals surface area contributed by atoms with Gasteiger partial charge in [-0.15, -0.1) is 0 Å². The van der Waals surface area contributed by atoms with Gasteiger partial charge in [-0.05, 0) is 17.6 Å². The fourth-order valence-corrected chi connectivity index (χ4v) is 1.31. The predicted octanol–water partition coefficient (Wildman–Crippen LogP) is 1.08. The van der Waals surface area contributed by atoms with Crippen molar-refractivity contribution in [2.24, 2.45) is 0 Å². The second-order valence-electron chi connectivity index (χ2n) is 2.15. The second-order valence-corrected chi connectivity index (χ2v) is 2.82. The molecule has 1 aromatic heterocycles. The average molecular weight is 141 g/mol. The second kappa shape index (κ2) is 2.08. The maximum atomic E-state index is 5.05. The highest BCUT2D eigenvalue weighted by molar-refractivity contribution is 7.03. The Bertz CT molecular complexity index is 181. The average Bonchev–Trinajstić information content (AvgIpc) is 2.46. The summed E-state index contributed by atoms with van der Waals surface area (Å²) < 4.78 is 9.20. The van der Waals surface area contributed by atoms with Crippen LogP contribution >= 0.6 is 11.5 Å². The van der Waals surface area contributed by atoms with Gasteiger partial charge in [-0.25, -0.2) is 0 Å². The molecule has 1 aliphatic rings. The summed E-state index contributed by atoms with van der Waals surface area (Å²) in [6.07, 6.45) is 1.48. The van der Waals surface area contributed by atoms with Crippen molar-refractivity contribution in [1.29, 1.82) is 0 Å². The third kappa shape index (κ3) is 1.28. The zero-order valence-corrected chi connectivity index (χ0v) is 5.73. The first-order valence-corrected chi connectivity index (χ1v) is 3.79. The van der Waals surface area contributed by atoms with Gasteiger partial charge in [-0.2, -0.15) is 4.37 Å². The molecule has 48 valence electrons. The molecule has 2 rings (SSSR count). The van der Waals surface area contributed by atoms with Crippen LogP contribution in [0.2, 0.25) is 0 Å². The molecule has 0 bridgehead atoms. The first-order chi connectivity index (χ1) is 4.45. The van der Waals surface area contributed by atoms with E-state index in [0.717, 1.165) is 13.0 Å². The van der Waals surface area contributed by atoms with Crippen molar-refractivity contribution in [3.05, 3.63) is 17.1 Å². The first kappa shape index (κ1) is 5.38. The predicted molar refractivity (Wildman–Crippen MR) is 35.6 cm³/mol. The van der Waals surface area contributed by atoms with E-state index in [2.05, 4.69) is 4.37 Å². The number of epoxide rings is 1. The molecular formula is C6H7NOS. The van der Waals surface area contributed by atoms with Crippen LogP contribution in [0.5, 0.6) is 0 Å². The smallest absolute Gasteiger partial charge is 0.0865 e. The van der Waals surface area contributed by atoms with Crippen LogP contribution in [0.4, 0.5) is 0 Å². The molecule has 0 amide bonds. The summed E-state index contributed by atoms with van der Waals surface area (Å²) in [6, 6.07) is 2.05. The van der Waals surface area contributed by atoms with Crippen LogP contribution in [0, 0.1) is 0 Å². The zero-order valence-electron chi connectivity index (χ0n) is 4.91. The number of nitrogens with zero attached hydrogens (tertiary/aromatic N) is 1. The molecule has 1 saturated heterocycles. The van der Waals surface area contributed by atoms with Crippen LogP contribution in [0.25, 0.3) is 0 Å². The Balaban J connectivity index is 1.99. The number of hydrogen-bond donors (Lipinski definition) is 0. The molecule has 3 heteroatoms. The lowest BCUT2D eigenvalue weighted by Crippen LogP contribution is -1.91. The van der Waals surface area contributed by atoms with E-state index in [-0.39, 0.29) is 0 Å². The molecule has 0 spiro atoms. The van der Waals surface area contributed by atoms with Gasteiger partial charge in [-0.1, -0.05) is 0 Å². The summed E-state index contributed by atoms with van der Waals surface area (Å²) in [4.78, 5) is 0. The van der Waals surface area contributed by atoms with Gasteiger partial charge >= 0.3 is 0 Å². The van der Waals surface area contributed by atoms with E-state index in [1.165, 1.54) is 17.2 Å². The molecule has 0 aromatic carbocycles. The lowest BCUT2D eigenvalue weighted by Gasteiger charge is -1.84. The quantitative estimate of drug-likeness (QED) is 0.576. The van der Waals surface area contributed by atoms with Crippen LogP contribution < -0.4 is 0 Å². The number of ether oxygens (including phenoxy) is 1. The van der Waals surface area contributed by atoms with Gasteiger partial charge in [0.25, 0.3) is 0 Å². The van der Waals surface area contributed by atoms with Crippen molar-refractivity contribution in [2.75, 3.05) is 6.61 Å². The molecule has 1 aromatic rings. The SMILES string of the molecule is c1cc(CC2CO2)ns1. The lowest BCUT2D eigenvalue weighted by molar-refractivity contribution is 0.406. The standard InChI is InChI=1S/C6H7NOS/c1-2-9-7-5(1)3-6-4-8-6/h1-2,6H,3-4H2. The molecular weight excluding hydrogens is 134 g/mol. The molecule has 1 atom stereocenters. The van der Waals surface area contributed by atoms with Crippen molar-refractivity contribution in [3.8, 4) is 0 Å². The first-order valence-electron chi connectivity index (χ1n) is 2.96. The van der Waals surface area contributed by atoms with E-state index in [4.69, 9.17) is 4.74 Å². The van der Waals surface area contributed by atoms with Crippen molar-refractivity contribution in [2.45, 2.75) is 12.5 Å². The van der Waals surface area contributed by atoms with Crippen molar-refractivity contribution < 1.29 is 4.74 Å². The summed E-state index contributed by atoms with van der Waals surface area (Å²) in [5.41, 5.74) is 1.17. The van der Waals surface area contributed by atoms with E-state index in [0.29, 0.717) is 6.10 Å². The van der Waals surface area contributed by atoms with Gasteiger partial charge in [0.1, 0.15) is 0 Å². The van der Waals surface area contributed by atoms with Crippen molar-refractivity contribution in [1.82, 2.24) is 4.37 Å². The molecule has 9 heavy (non-hydrogen) atoms. The molecule has 2 nitrogen and oxygen atoms in total. The minimum atomic E-state index is 0.479. The molecule has 1 unspecified atom stereocenters. The lowest BCUT2D eigenvalue weighted by atomic mass is 10.2. The fraction of sp³-hybridized carbons (Fsp3) is 0.500. The molecule has 1 fully saturated rings. The minimum Gasteiger partial charge on any atom is -0.373 e. The fourth-order valence-electron chi connectivity index (χ4n) is 0.762. The van der Waals surface area contributed by atoms with E-state index in [1.54, 1.807) is 0 Å². The Morgan fingerprint density at radius 1 is 1.89 bits per heavy atom.